The average Bonchev–Trinajstić information content (AvgIpc) is 2.33. The number of hydrogen-bond donors (Lipinski definition) is 2. The van der Waals surface area contributed by atoms with E-state index in [0.29, 0.717) is 17.3 Å². The van der Waals surface area contributed by atoms with Gasteiger partial charge in [0.1, 0.15) is 5.82 Å². The molecule has 0 saturated heterocycles. The van der Waals surface area contributed by atoms with Gasteiger partial charge in [-0.3, -0.25) is 0 Å². The van der Waals surface area contributed by atoms with Gasteiger partial charge in [0.15, 0.2) is 5.82 Å². The molecule has 4 heteroatoms. The van der Waals surface area contributed by atoms with Crippen LogP contribution in [0.15, 0.2) is 30.5 Å². The summed E-state index contributed by atoms with van der Waals surface area (Å²) < 4.78 is 0. The molecule has 0 unspecified atom stereocenters. The van der Waals surface area contributed by atoms with Crippen LogP contribution in [0.4, 0.5) is 17.2 Å². The Labute approximate surface area is 114 Å². The van der Waals surface area contributed by atoms with Crippen molar-refractivity contribution < 1.29 is 0 Å². The highest BCUT2D eigenvalue weighted by Gasteiger charge is 2.13. The molecule has 2 aromatic rings. The van der Waals surface area contributed by atoms with Crippen molar-refractivity contribution in [2.75, 3.05) is 11.1 Å². The Morgan fingerprint density at radius 1 is 1.11 bits per heavy atom. The van der Waals surface area contributed by atoms with Gasteiger partial charge < -0.3 is 11.1 Å². The van der Waals surface area contributed by atoms with Crippen LogP contribution in [-0.4, -0.2) is 9.97 Å². The Morgan fingerprint density at radius 2 is 1.74 bits per heavy atom. The van der Waals surface area contributed by atoms with Crippen LogP contribution in [0.2, 0.25) is 0 Å². The first-order valence-electron chi connectivity index (χ1n) is 6.33. The quantitative estimate of drug-likeness (QED) is 0.864. The van der Waals surface area contributed by atoms with Crippen LogP contribution in [-0.2, 0) is 5.41 Å². The van der Waals surface area contributed by atoms with E-state index in [2.05, 4.69) is 48.2 Å². The first-order valence-corrected chi connectivity index (χ1v) is 6.33. The average molecular weight is 256 g/mol. The van der Waals surface area contributed by atoms with E-state index >= 15 is 0 Å². The number of hydrogen-bond acceptors (Lipinski definition) is 4. The van der Waals surface area contributed by atoms with E-state index in [1.807, 2.05) is 19.1 Å². The SMILES string of the molecule is Cc1ncc(N)c(Nc2ccc(C(C)(C)C)cc2)n1. The van der Waals surface area contributed by atoms with E-state index in [-0.39, 0.29) is 5.41 Å². The van der Waals surface area contributed by atoms with Crippen molar-refractivity contribution in [3.63, 3.8) is 0 Å². The molecule has 0 bridgehead atoms. The second kappa shape index (κ2) is 4.88. The number of nitrogens with two attached hydrogens (primary N) is 1. The molecule has 4 nitrogen and oxygen atoms in total. The molecule has 1 aromatic carbocycles. The topological polar surface area (TPSA) is 63.8 Å². The van der Waals surface area contributed by atoms with Gasteiger partial charge in [0.05, 0.1) is 11.9 Å². The highest BCUT2D eigenvalue weighted by Crippen LogP contribution is 2.25. The molecule has 0 radical (unpaired) electrons. The molecular formula is C15H20N4. The molecule has 0 spiro atoms. The summed E-state index contributed by atoms with van der Waals surface area (Å²) in [5, 5.41) is 3.22. The lowest BCUT2D eigenvalue weighted by Gasteiger charge is -2.19. The van der Waals surface area contributed by atoms with Gasteiger partial charge in [0, 0.05) is 5.69 Å². The number of benzene rings is 1. The van der Waals surface area contributed by atoms with Gasteiger partial charge in [-0.05, 0) is 30.0 Å². The zero-order valence-electron chi connectivity index (χ0n) is 11.9. The van der Waals surface area contributed by atoms with Crippen LogP contribution in [0.1, 0.15) is 32.2 Å². The molecule has 0 atom stereocenters. The molecule has 0 saturated carbocycles. The third-order valence-electron chi connectivity index (χ3n) is 2.95. The Morgan fingerprint density at radius 3 is 2.32 bits per heavy atom. The van der Waals surface area contributed by atoms with Crippen LogP contribution >= 0.6 is 0 Å². The molecule has 0 aliphatic rings. The zero-order valence-corrected chi connectivity index (χ0v) is 11.9. The van der Waals surface area contributed by atoms with Gasteiger partial charge in [-0.2, -0.15) is 0 Å². The Kier molecular flexibility index (Phi) is 3.42. The molecule has 2 rings (SSSR count). The monoisotopic (exact) mass is 256 g/mol. The number of anilines is 3. The molecular weight excluding hydrogens is 236 g/mol. The van der Waals surface area contributed by atoms with Crippen molar-refractivity contribution in [3.05, 3.63) is 41.9 Å². The largest absolute Gasteiger partial charge is 0.394 e. The third kappa shape index (κ3) is 3.22. The summed E-state index contributed by atoms with van der Waals surface area (Å²) in [4.78, 5) is 8.34. The summed E-state index contributed by atoms with van der Waals surface area (Å²) in [6, 6.07) is 8.31. The van der Waals surface area contributed by atoms with E-state index in [1.165, 1.54) is 5.56 Å². The second-order valence-electron chi connectivity index (χ2n) is 5.67. The molecule has 0 fully saturated rings. The van der Waals surface area contributed by atoms with Gasteiger partial charge in [0.25, 0.3) is 0 Å². The van der Waals surface area contributed by atoms with Gasteiger partial charge in [-0.15, -0.1) is 0 Å². The minimum Gasteiger partial charge on any atom is -0.394 e. The van der Waals surface area contributed by atoms with Gasteiger partial charge in [-0.1, -0.05) is 32.9 Å². The Hall–Kier alpha value is -2.10. The van der Waals surface area contributed by atoms with Crippen molar-refractivity contribution in [2.45, 2.75) is 33.1 Å². The van der Waals surface area contributed by atoms with E-state index in [0.717, 1.165) is 5.69 Å². The molecule has 0 amide bonds. The Balaban J connectivity index is 2.22. The maximum Gasteiger partial charge on any atom is 0.157 e. The number of aryl methyl sites for hydroxylation is 1. The maximum atomic E-state index is 5.85. The minimum absolute atomic E-state index is 0.156. The highest BCUT2D eigenvalue weighted by atomic mass is 15.0. The third-order valence-corrected chi connectivity index (χ3v) is 2.95. The summed E-state index contributed by atoms with van der Waals surface area (Å²) in [6.45, 7) is 8.43. The van der Waals surface area contributed by atoms with Crippen LogP contribution in [0.5, 0.6) is 0 Å². The standard InChI is InChI=1S/C15H20N4/c1-10-17-9-13(16)14(18-10)19-12-7-5-11(6-8-12)15(2,3)4/h5-9H,16H2,1-4H3,(H,17,18,19). The van der Waals surface area contributed by atoms with Crippen LogP contribution in [0, 0.1) is 6.92 Å². The smallest absolute Gasteiger partial charge is 0.157 e. The van der Waals surface area contributed by atoms with Gasteiger partial charge >= 0.3 is 0 Å². The summed E-state index contributed by atoms with van der Waals surface area (Å²) in [5.74, 6) is 1.35. The summed E-state index contributed by atoms with van der Waals surface area (Å²) in [6.07, 6.45) is 1.62. The zero-order chi connectivity index (χ0) is 14.0. The molecule has 19 heavy (non-hydrogen) atoms. The van der Waals surface area contributed by atoms with Crippen LogP contribution in [0.3, 0.4) is 0 Å². The van der Waals surface area contributed by atoms with Crippen molar-refractivity contribution >= 4 is 17.2 Å². The molecule has 0 aliphatic carbocycles. The minimum atomic E-state index is 0.156. The van der Waals surface area contributed by atoms with Crippen molar-refractivity contribution in [3.8, 4) is 0 Å². The van der Waals surface area contributed by atoms with Crippen LogP contribution < -0.4 is 11.1 Å². The molecule has 1 heterocycles. The fourth-order valence-electron chi connectivity index (χ4n) is 1.77. The Bertz CT molecular complexity index is 568. The molecule has 3 N–H and O–H groups in total. The normalized spacial score (nSPS) is 11.4. The fourth-order valence-corrected chi connectivity index (χ4v) is 1.77. The van der Waals surface area contributed by atoms with Crippen molar-refractivity contribution in [1.29, 1.82) is 0 Å². The van der Waals surface area contributed by atoms with Gasteiger partial charge in [-0.25, -0.2) is 9.97 Å². The summed E-state index contributed by atoms with van der Waals surface area (Å²) in [5.41, 5.74) is 8.82. The highest BCUT2D eigenvalue weighted by molar-refractivity contribution is 5.67. The predicted molar refractivity (Wildman–Crippen MR) is 79.6 cm³/mol. The van der Waals surface area contributed by atoms with E-state index in [4.69, 9.17) is 5.73 Å². The lowest BCUT2D eigenvalue weighted by Crippen LogP contribution is -2.10. The number of aromatic nitrogens is 2. The number of rotatable bonds is 2. The molecule has 0 aliphatic heterocycles. The maximum absolute atomic E-state index is 5.85. The summed E-state index contributed by atoms with van der Waals surface area (Å²) in [7, 11) is 0. The van der Waals surface area contributed by atoms with Crippen molar-refractivity contribution in [1.82, 2.24) is 9.97 Å². The van der Waals surface area contributed by atoms with E-state index in [9.17, 15) is 0 Å². The lowest BCUT2D eigenvalue weighted by atomic mass is 9.87. The molecule has 100 valence electrons. The van der Waals surface area contributed by atoms with Crippen LogP contribution in [0.25, 0.3) is 0 Å². The van der Waals surface area contributed by atoms with Crippen molar-refractivity contribution in [2.24, 2.45) is 0 Å². The summed E-state index contributed by atoms with van der Waals surface area (Å²) >= 11 is 0. The number of nitrogens with zero attached hydrogens (tertiary/aromatic N) is 2. The van der Waals surface area contributed by atoms with E-state index < -0.39 is 0 Å². The second-order valence-corrected chi connectivity index (χ2v) is 5.67. The number of nitrogen functional groups attached to an aromatic ring is 1. The number of nitrogens with one attached hydrogen (secondary N) is 1. The van der Waals surface area contributed by atoms with Gasteiger partial charge in [0.2, 0.25) is 0 Å². The first-order chi connectivity index (χ1) is 8.86. The van der Waals surface area contributed by atoms with E-state index in [1.54, 1.807) is 6.20 Å². The first kappa shape index (κ1) is 13.3. The lowest BCUT2D eigenvalue weighted by molar-refractivity contribution is 0.590. The predicted octanol–water partition coefficient (Wildman–Crippen LogP) is 3.41. The fraction of sp³-hybridized carbons (Fsp3) is 0.333. The molecule has 1 aromatic heterocycles.